The van der Waals surface area contributed by atoms with E-state index in [1.165, 1.54) is 35.5 Å². The zero-order chi connectivity index (χ0) is 15.5. The minimum atomic E-state index is -0.403. The lowest BCUT2D eigenvalue weighted by atomic mass is 10.2. The van der Waals surface area contributed by atoms with Gasteiger partial charge in [0.1, 0.15) is 11.6 Å². The Hall–Kier alpha value is -2.96. The largest absolute Gasteiger partial charge is 0.424 e. The number of benzene rings is 1. The molecular weight excluding hydrogens is 287 g/mol. The lowest BCUT2D eigenvalue weighted by Crippen LogP contribution is -2.45. The van der Waals surface area contributed by atoms with E-state index in [1.807, 2.05) is 0 Å². The van der Waals surface area contributed by atoms with E-state index in [0.717, 1.165) is 0 Å². The van der Waals surface area contributed by atoms with Gasteiger partial charge in [-0.05, 0) is 12.1 Å². The Morgan fingerprint density at radius 3 is 2.77 bits per heavy atom. The first kappa shape index (κ1) is 14.0. The SMILES string of the molecule is C=C1CCN(c2cnc(Oc3cccc(F)c3)nc2)C(=O)N1. The van der Waals surface area contributed by atoms with E-state index < -0.39 is 5.82 Å². The van der Waals surface area contributed by atoms with Crippen LogP contribution in [0.1, 0.15) is 6.42 Å². The van der Waals surface area contributed by atoms with Gasteiger partial charge in [-0.15, -0.1) is 0 Å². The average molecular weight is 300 g/mol. The third-order valence-corrected chi connectivity index (χ3v) is 3.10. The molecule has 1 aliphatic heterocycles. The number of carbonyl (C=O) groups excluding carboxylic acids is 1. The van der Waals surface area contributed by atoms with Gasteiger partial charge in [0, 0.05) is 24.7 Å². The number of aromatic nitrogens is 2. The molecule has 0 atom stereocenters. The standard InChI is InChI=1S/C15H13FN4O2/c1-10-5-6-20(15(21)19-10)12-8-17-14(18-9-12)22-13-4-2-3-11(16)7-13/h2-4,7-9H,1,5-6H2,(H,19,21). The van der Waals surface area contributed by atoms with Crippen LogP contribution in [0, 0.1) is 5.82 Å². The number of ether oxygens (including phenoxy) is 1. The first-order valence-corrected chi connectivity index (χ1v) is 6.63. The summed E-state index contributed by atoms with van der Waals surface area (Å²) in [4.78, 5) is 21.4. The Morgan fingerprint density at radius 2 is 2.09 bits per heavy atom. The predicted molar refractivity (Wildman–Crippen MR) is 78.1 cm³/mol. The van der Waals surface area contributed by atoms with Gasteiger partial charge in [-0.3, -0.25) is 4.90 Å². The van der Waals surface area contributed by atoms with Crippen LogP contribution in [0.5, 0.6) is 11.8 Å². The highest BCUT2D eigenvalue weighted by Gasteiger charge is 2.21. The Bertz CT molecular complexity index is 718. The summed E-state index contributed by atoms with van der Waals surface area (Å²) in [5.41, 5.74) is 1.24. The van der Waals surface area contributed by atoms with E-state index in [2.05, 4.69) is 21.9 Å². The van der Waals surface area contributed by atoms with E-state index in [-0.39, 0.29) is 12.0 Å². The van der Waals surface area contributed by atoms with E-state index in [1.54, 1.807) is 6.07 Å². The Balaban J connectivity index is 1.73. The van der Waals surface area contributed by atoms with Crippen molar-refractivity contribution in [1.29, 1.82) is 0 Å². The molecule has 2 heterocycles. The van der Waals surface area contributed by atoms with E-state index in [4.69, 9.17) is 4.74 Å². The molecule has 1 N–H and O–H groups in total. The molecule has 0 radical (unpaired) electrons. The Morgan fingerprint density at radius 1 is 1.32 bits per heavy atom. The summed E-state index contributed by atoms with van der Waals surface area (Å²) in [6.45, 7) is 4.23. The maximum Gasteiger partial charge on any atom is 0.326 e. The van der Waals surface area contributed by atoms with Gasteiger partial charge in [0.25, 0.3) is 0 Å². The summed E-state index contributed by atoms with van der Waals surface area (Å²) in [5.74, 6) is -0.0981. The van der Waals surface area contributed by atoms with Gasteiger partial charge >= 0.3 is 12.0 Å². The molecule has 6 nitrogen and oxygen atoms in total. The number of halogens is 1. The number of hydrogen-bond donors (Lipinski definition) is 1. The van der Waals surface area contributed by atoms with Gasteiger partial charge < -0.3 is 10.1 Å². The van der Waals surface area contributed by atoms with Crippen molar-refractivity contribution in [2.75, 3.05) is 11.4 Å². The van der Waals surface area contributed by atoms with Crippen LogP contribution in [0.4, 0.5) is 14.9 Å². The summed E-state index contributed by atoms with van der Waals surface area (Å²) < 4.78 is 18.4. The highest BCUT2D eigenvalue weighted by atomic mass is 19.1. The second-order valence-corrected chi connectivity index (χ2v) is 4.72. The molecule has 1 aromatic heterocycles. The first-order valence-electron chi connectivity index (χ1n) is 6.63. The van der Waals surface area contributed by atoms with Crippen molar-refractivity contribution in [2.24, 2.45) is 0 Å². The summed E-state index contributed by atoms with van der Waals surface area (Å²) in [6, 6.07) is 5.50. The van der Waals surface area contributed by atoms with Crippen LogP contribution in [0.2, 0.25) is 0 Å². The molecule has 0 aliphatic carbocycles. The normalized spacial score (nSPS) is 14.7. The van der Waals surface area contributed by atoms with Gasteiger partial charge in [0.2, 0.25) is 0 Å². The lowest BCUT2D eigenvalue weighted by Gasteiger charge is -2.28. The van der Waals surface area contributed by atoms with Crippen LogP contribution in [0.15, 0.2) is 48.9 Å². The van der Waals surface area contributed by atoms with E-state index >= 15 is 0 Å². The smallest absolute Gasteiger partial charge is 0.326 e. The number of hydrogen-bond acceptors (Lipinski definition) is 4. The third-order valence-electron chi connectivity index (χ3n) is 3.10. The zero-order valence-electron chi connectivity index (χ0n) is 11.6. The molecule has 0 spiro atoms. The molecule has 0 bridgehead atoms. The molecule has 112 valence electrons. The maximum atomic E-state index is 13.1. The quantitative estimate of drug-likeness (QED) is 0.946. The minimum Gasteiger partial charge on any atom is -0.424 e. The molecule has 7 heteroatoms. The topological polar surface area (TPSA) is 67.3 Å². The van der Waals surface area contributed by atoms with Crippen LogP contribution in [0.3, 0.4) is 0 Å². The van der Waals surface area contributed by atoms with Crippen LogP contribution in [-0.4, -0.2) is 22.5 Å². The molecule has 0 unspecified atom stereocenters. The number of amides is 2. The number of nitrogens with one attached hydrogen (secondary N) is 1. The van der Waals surface area contributed by atoms with Crippen molar-refractivity contribution < 1.29 is 13.9 Å². The summed E-state index contributed by atoms with van der Waals surface area (Å²) >= 11 is 0. The van der Waals surface area contributed by atoms with Crippen molar-refractivity contribution >= 4 is 11.7 Å². The molecule has 1 aromatic carbocycles. The van der Waals surface area contributed by atoms with Gasteiger partial charge in [0.15, 0.2) is 0 Å². The van der Waals surface area contributed by atoms with Crippen LogP contribution >= 0.6 is 0 Å². The van der Waals surface area contributed by atoms with Crippen molar-refractivity contribution in [1.82, 2.24) is 15.3 Å². The van der Waals surface area contributed by atoms with Crippen LogP contribution < -0.4 is 15.0 Å². The number of rotatable bonds is 3. The summed E-state index contributed by atoms with van der Waals surface area (Å²) in [7, 11) is 0. The van der Waals surface area contributed by atoms with Gasteiger partial charge in [-0.2, -0.15) is 0 Å². The highest BCUT2D eigenvalue weighted by Crippen LogP contribution is 2.21. The fourth-order valence-corrected chi connectivity index (χ4v) is 2.01. The molecule has 22 heavy (non-hydrogen) atoms. The van der Waals surface area contributed by atoms with Crippen molar-refractivity contribution in [3.63, 3.8) is 0 Å². The van der Waals surface area contributed by atoms with Crippen molar-refractivity contribution in [3.05, 3.63) is 54.8 Å². The lowest BCUT2D eigenvalue weighted by molar-refractivity contribution is 0.246. The summed E-state index contributed by atoms with van der Waals surface area (Å²) in [5, 5.41) is 2.65. The molecular formula is C15H13FN4O2. The summed E-state index contributed by atoms with van der Waals surface area (Å²) in [6.07, 6.45) is 3.62. The van der Waals surface area contributed by atoms with Crippen molar-refractivity contribution in [2.45, 2.75) is 6.42 Å². The highest BCUT2D eigenvalue weighted by molar-refractivity contribution is 5.93. The number of urea groups is 1. The van der Waals surface area contributed by atoms with E-state index in [0.29, 0.717) is 30.1 Å². The first-order chi connectivity index (χ1) is 10.6. The fourth-order valence-electron chi connectivity index (χ4n) is 2.01. The molecule has 2 aromatic rings. The fraction of sp³-hybridized carbons (Fsp3) is 0.133. The Labute approximate surface area is 126 Å². The average Bonchev–Trinajstić information content (AvgIpc) is 2.48. The van der Waals surface area contributed by atoms with Gasteiger partial charge in [-0.1, -0.05) is 12.6 Å². The molecule has 0 saturated carbocycles. The molecule has 1 saturated heterocycles. The monoisotopic (exact) mass is 300 g/mol. The second kappa shape index (κ2) is 5.80. The Kier molecular flexibility index (Phi) is 3.69. The van der Waals surface area contributed by atoms with Crippen LogP contribution in [0.25, 0.3) is 0 Å². The second-order valence-electron chi connectivity index (χ2n) is 4.72. The number of anilines is 1. The minimum absolute atomic E-state index is 0.0798. The van der Waals surface area contributed by atoms with Crippen molar-refractivity contribution in [3.8, 4) is 11.8 Å². The van der Waals surface area contributed by atoms with Gasteiger partial charge in [0.05, 0.1) is 18.1 Å². The molecule has 1 aliphatic rings. The molecule has 3 rings (SSSR count). The van der Waals surface area contributed by atoms with Crippen LogP contribution in [-0.2, 0) is 0 Å². The maximum absolute atomic E-state index is 13.1. The molecule has 1 fully saturated rings. The zero-order valence-corrected chi connectivity index (χ0v) is 11.6. The van der Waals surface area contributed by atoms with Gasteiger partial charge in [-0.25, -0.2) is 19.2 Å². The number of carbonyl (C=O) groups is 1. The predicted octanol–water partition coefficient (Wildman–Crippen LogP) is 2.84. The number of nitrogens with zero attached hydrogens (tertiary/aromatic N) is 3. The van der Waals surface area contributed by atoms with E-state index in [9.17, 15) is 9.18 Å². The molecule has 2 amide bonds. The third kappa shape index (κ3) is 3.03.